The maximum atomic E-state index is 10.2. The van der Waals surface area contributed by atoms with Crippen LogP contribution in [0.25, 0.3) is 0 Å². The molecule has 1 amide bonds. The molecule has 64 valence electrons. The number of primary amides is 1. The zero-order valence-electron chi connectivity index (χ0n) is 6.12. The van der Waals surface area contributed by atoms with Crippen LogP contribution in [0.3, 0.4) is 0 Å². The third-order valence-corrected chi connectivity index (χ3v) is 1.14. The van der Waals surface area contributed by atoms with Crippen molar-refractivity contribution in [1.82, 2.24) is 5.32 Å². The van der Waals surface area contributed by atoms with Gasteiger partial charge in [0.05, 0.1) is 12.6 Å². The third kappa shape index (κ3) is 5.50. The number of carbonyl (C=O) groups is 2. The van der Waals surface area contributed by atoms with Crippen molar-refractivity contribution in [3.05, 3.63) is 0 Å². The van der Waals surface area contributed by atoms with E-state index in [0.29, 0.717) is 12.8 Å². The topological polar surface area (TPSA) is 92.4 Å². The van der Waals surface area contributed by atoms with Crippen LogP contribution in [0, 0.1) is 0 Å². The zero-order chi connectivity index (χ0) is 8.69. The van der Waals surface area contributed by atoms with E-state index in [4.69, 9.17) is 10.8 Å². The maximum absolute atomic E-state index is 10.2. The standard InChI is InChI=1S/C6H12N2O3/c7-6(11)1-2-8-5(3-9)4-10/h3,5,8,10H,1-2,4H2,(H2,7,11). The van der Waals surface area contributed by atoms with Crippen molar-refractivity contribution in [3.8, 4) is 0 Å². The summed E-state index contributed by atoms with van der Waals surface area (Å²) in [6.07, 6.45) is 0.755. The highest BCUT2D eigenvalue weighted by Gasteiger charge is 2.03. The molecule has 0 heterocycles. The average Bonchev–Trinajstić information content (AvgIpc) is 1.98. The fraction of sp³-hybridized carbons (Fsp3) is 0.667. The van der Waals surface area contributed by atoms with E-state index in [1.807, 2.05) is 0 Å². The molecule has 0 fully saturated rings. The van der Waals surface area contributed by atoms with Gasteiger partial charge in [-0.25, -0.2) is 0 Å². The first-order valence-corrected chi connectivity index (χ1v) is 3.28. The van der Waals surface area contributed by atoms with Crippen molar-refractivity contribution in [2.75, 3.05) is 13.2 Å². The van der Waals surface area contributed by atoms with Gasteiger partial charge in [-0.15, -0.1) is 0 Å². The number of hydrogen-bond donors (Lipinski definition) is 3. The Morgan fingerprint density at radius 2 is 2.36 bits per heavy atom. The van der Waals surface area contributed by atoms with Gasteiger partial charge in [-0.05, 0) is 0 Å². The van der Waals surface area contributed by atoms with Crippen molar-refractivity contribution in [3.63, 3.8) is 0 Å². The minimum Gasteiger partial charge on any atom is -0.394 e. The molecule has 0 saturated carbocycles. The minimum atomic E-state index is -0.589. The highest BCUT2D eigenvalue weighted by atomic mass is 16.3. The third-order valence-electron chi connectivity index (χ3n) is 1.14. The van der Waals surface area contributed by atoms with Crippen molar-refractivity contribution in [2.45, 2.75) is 12.5 Å². The highest BCUT2D eigenvalue weighted by molar-refractivity contribution is 5.73. The smallest absolute Gasteiger partial charge is 0.218 e. The number of hydrogen-bond acceptors (Lipinski definition) is 4. The number of aliphatic hydroxyl groups is 1. The van der Waals surface area contributed by atoms with Crippen LogP contribution in [0.1, 0.15) is 6.42 Å². The molecule has 11 heavy (non-hydrogen) atoms. The van der Waals surface area contributed by atoms with Gasteiger partial charge >= 0.3 is 0 Å². The monoisotopic (exact) mass is 160 g/mol. The lowest BCUT2D eigenvalue weighted by Crippen LogP contribution is -2.35. The Kier molecular flexibility index (Phi) is 5.32. The number of nitrogens with one attached hydrogen (secondary N) is 1. The first-order chi connectivity index (χ1) is 5.20. The quantitative estimate of drug-likeness (QED) is 0.392. The summed E-state index contributed by atoms with van der Waals surface area (Å²) >= 11 is 0. The van der Waals surface area contributed by atoms with Crippen LogP contribution >= 0.6 is 0 Å². The summed E-state index contributed by atoms with van der Waals surface area (Å²) in [4.78, 5) is 20.3. The van der Waals surface area contributed by atoms with Crippen LogP contribution in [-0.4, -0.2) is 36.5 Å². The molecule has 1 atom stereocenters. The Morgan fingerprint density at radius 3 is 2.73 bits per heavy atom. The fourth-order valence-electron chi connectivity index (χ4n) is 0.536. The molecular formula is C6H12N2O3. The summed E-state index contributed by atoms with van der Waals surface area (Å²) in [5.41, 5.74) is 4.83. The van der Waals surface area contributed by atoms with E-state index in [1.54, 1.807) is 0 Å². The van der Waals surface area contributed by atoms with Crippen molar-refractivity contribution < 1.29 is 14.7 Å². The predicted octanol–water partition coefficient (Wildman–Crippen LogP) is -1.99. The minimum absolute atomic E-state index is 0.171. The van der Waals surface area contributed by atoms with E-state index >= 15 is 0 Å². The fourth-order valence-corrected chi connectivity index (χ4v) is 0.536. The summed E-state index contributed by atoms with van der Waals surface area (Å²) < 4.78 is 0. The number of aldehydes is 1. The molecule has 0 bridgehead atoms. The molecule has 0 aliphatic heterocycles. The first kappa shape index (κ1) is 10.1. The van der Waals surface area contributed by atoms with Gasteiger partial charge < -0.3 is 21.0 Å². The SMILES string of the molecule is NC(=O)CCNC(C=O)CO. The molecule has 5 heteroatoms. The molecule has 0 aliphatic carbocycles. The van der Waals surface area contributed by atoms with Gasteiger partial charge in [0.25, 0.3) is 0 Å². The van der Waals surface area contributed by atoms with Crippen LogP contribution in [0.2, 0.25) is 0 Å². The van der Waals surface area contributed by atoms with Crippen LogP contribution in [-0.2, 0) is 9.59 Å². The molecular weight excluding hydrogens is 148 g/mol. The first-order valence-electron chi connectivity index (χ1n) is 3.28. The second-order valence-electron chi connectivity index (χ2n) is 2.10. The van der Waals surface area contributed by atoms with Crippen molar-refractivity contribution in [1.29, 1.82) is 0 Å². The van der Waals surface area contributed by atoms with E-state index in [-0.39, 0.29) is 13.0 Å². The molecule has 4 N–H and O–H groups in total. The average molecular weight is 160 g/mol. The van der Waals surface area contributed by atoms with E-state index in [1.165, 1.54) is 0 Å². The predicted molar refractivity (Wildman–Crippen MR) is 38.8 cm³/mol. The van der Waals surface area contributed by atoms with Gasteiger partial charge in [0.1, 0.15) is 6.29 Å². The van der Waals surface area contributed by atoms with Crippen LogP contribution in [0.5, 0.6) is 0 Å². The Hall–Kier alpha value is -0.940. The molecule has 1 unspecified atom stereocenters. The van der Waals surface area contributed by atoms with Crippen LogP contribution in [0.4, 0.5) is 0 Å². The summed E-state index contributed by atoms with van der Waals surface area (Å²) in [7, 11) is 0. The molecule has 0 radical (unpaired) electrons. The molecule has 0 rings (SSSR count). The summed E-state index contributed by atoms with van der Waals surface area (Å²) in [6.45, 7) is 0.0571. The van der Waals surface area contributed by atoms with Crippen LogP contribution in [0.15, 0.2) is 0 Å². The zero-order valence-corrected chi connectivity index (χ0v) is 6.12. The summed E-state index contributed by atoms with van der Waals surface area (Å²) in [6, 6.07) is -0.589. The van der Waals surface area contributed by atoms with Gasteiger partial charge in [-0.1, -0.05) is 0 Å². The molecule has 0 aromatic carbocycles. The van der Waals surface area contributed by atoms with Gasteiger partial charge in [-0.2, -0.15) is 0 Å². The normalized spacial score (nSPS) is 12.5. The summed E-state index contributed by atoms with van der Waals surface area (Å²) in [5.74, 6) is -0.430. The number of nitrogens with two attached hydrogens (primary N) is 1. The van der Waals surface area contributed by atoms with Gasteiger partial charge in [0, 0.05) is 13.0 Å². The second kappa shape index (κ2) is 5.82. The Balaban J connectivity index is 3.35. The van der Waals surface area contributed by atoms with Crippen LogP contribution < -0.4 is 11.1 Å². The second-order valence-corrected chi connectivity index (χ2v) is 2.10. The Morgan fingerprint density at radius 1 is 1.73 bits per heavy atom. The van der Waals surface area contributed by atoms with Crippen molar-refractivity contribution >= 4 is 12.2 Å². The van der Waals surface area contributed by atoms with E-state index in [9.17, 15) is 9.59 Å². The van der Waals surface area contributed by atoms with E-state index in [2.05, 4.69) is 5.32 Å². The summed E-state index contributed by atoms with van der Waals surface area (Å²) in [5, 5.41) is 11.1. The van der Waals surface area contributed by atoms with Gasteiger partial charge in [0.2, 0.25) is 5.91 Å². The number of amides is 1. The molecule has 0 aromatic rings. The number of aliphatic hydroxyl groups excluding tert-OH is 1. The largest absolute Gasteiger partial charge is 0.394 e. The molecule has 0 spiro atoms. The van der Waals surface area contributed by atoms with Crippen molar-refractivity contribution in [2.24, 2.45) is 5.73 Å². The van der Waals surface area contributed by atoms with E-state index in [0.717, 1.165) is 0 Å². The lowest BCUT2D eigenvalue weighted by molar-refractivity contribution is -0.118. The lowest BCUT2D eigenvalue weighted by Gasteiger charge is -2.06. The Bertz CT molecular complexity index is 138. The molecule has 0 aromatic heterocycles. The van der Waals surface area contributed by atoms with Gasteiger partial charge in [0.15, 0.2) is 0 Å². The Labute approximate surface area is 64.6 Å². The lowest BCUT2D eigenvalue weighted by atomic mass is 10.3. The maximum Gasteiger partial charge on any atom is 0.218 e. The molecule has 0 aliphatic rings. The number of carbonyl (C=O) groups excluding carboxylic acids is 2. The number of rotatable bonds is 6. The molecule has 0 saturated heterocycles. The van der Waals surface area contributed by atoms with E-state index < -0.39 is 11.9 Å². The highest BCUT2D eigenvalue weighted by Crippen LogP contribution is 1.77. The van der Waals surface area contributed by atoms with Gasteiger partial charge in [-0.3, -0.25) is 4.79 Å². The molecule has 5 nitrogen and oxygen atoms in total.